The van der Waals surface area contributed by atoms with E-state index in [1.165, 1.54) is 96.3 Å². The van der Waals surface area contributed by atoms with Crippen LogP contribution in [0, 0.1) is 23.7 Å². The second-order valence-corrected chi connectivity index (χ2v) is 8.06. The molecule has 3 aliphatic carbocycles. The van der Waals surface area contributed by atoms with Crippen molar-refractivity contribution >= 4 is 5.78 Å². The molecule has 0 saturated heterocycles. The molecule has 0 heterocycles. The largest absolute Gasteiger partial charge is 0.299 e. The van der Waals surface area contributed by atoms with Crippen LogP contribution in [0.5, 0.6) is 0 Å². The van der Waals surface area contributed by atoms with Crippen molar-refractivity contribution in [2.75, 3.05) is 0 Å². The van der Waals surface area contributed by atoms with Crippen LogP contribution in [0.1, 0.15) is 96.3 Å². The lowest BCUT2D eigenvalue weighted by molar-refractivity contribution is -0.132. The fourth-order valence-corrected chi connectivity index (χ4v) is 5.50. The summed E-state index contributed by atoms with van der Waals surface area (Å²) >= 11 is 0. The van der Waals surface area contributed by atoms with Crippen LogP contribution >= 0.6 is 0 Å². The van der Waals surface area contributed by atoms with Gasteiger partial charge in [-0.2, -0.15) is 0 Å². The molecule has 21 heavy (non-hydrogen) atoms. The van der Waals surface area contributed by atoms with Gasteiger partial charge in [-0.05, 0) is 50.4 Å². The first-order valence-electron chi connectivity index (χ1n) is 9.90. The van der Waals surface area contributed by atoms with Gasteiger partial charge in [0.1, 0.15) is 5.78 Å². The zero-order valence-corrected chi connectivity index (χ0v) is 13.8. The van der Waals surface area contributed by atoms with Crippen LogP contribution < -0.4 is 0 Å². The van der Waals surface area contributed by atoms with Crippen molar-refractivity contribution in [3.05, 3.63) is 0 Å². The molecular formula is C20H34O. The van der Waals surface area contributed by atoms with E-state index in [4.69, 9.17) is 0 Å². The summed E-state index contributed by atoms with van der Waals surface area (Å²) in [6.07, 6.45) is 20.1. The van der Waals surface area contributed by atoms with Gasteiger partial charge >= 0.3 is 0 Å². The van der Waals surface area contributed by atoms with Crippen LogP contribution in [0.2, 0.25) is 0 Å². The molecule has 0 radical (unpaired) electrons. The summed E-state index contributed by atoms with van der Waals surface area (Å²) in [5, 5.41) is 0. The molecule has 3 fully saturated rings. The van der Waals surface area contributed by atoms with Crippen LogP contribution in [-0.2, 0) is 4.79 Å². The van der Waals surface area contributed by atoms with Crippen molar-refractivity contribution in [3.63, 3.8) is 0 Å². The molecule has 3 rings (SSSR count). The third-order valence-electron chi connectivity index (χ3n) is 6.65. The molecule has 1 nitrogen and oxygen atoms in total. The number of carbonyl (C=O) groups excluding carboxylic acids is 1. The van der Waals surface area contributed by atoms with E-state index < -0.39 is 0 Å². The first kappa shape index (κ1) is 15.6. The maximum absolute atomic E-state index is 13.3. The Morgan fingerprint density at radius 3 is 1.38 bits per heavy atom. The van der Waals surface area contributed by atoms with Crippen LogP contribution in [0.3, 0.4) is 0 Å². The average Bonchev–Trinajstić information content (AvgIpc) is 2.58. The molecule has 0 amide bonds. The minimum atomic E-state index is 0.438. The van der Waals surface area contributed by atoms with Gasteiger partial charge in [-0.3, -0.25) is 4.79 Å². The van der Waals surface area contributed by atoms with Crippen molar-refractivity contribution in [1.82, 2.24) is 0 Å². The number of hydrogen-bond acceptors (Lipinski definition) is 1. The molecule has 3 saturated carbocycles. The zero-order valence-electron chi connectivity index (χ0n) is 13.8. The quantitative estimate of drug-likeness (QED) is 0.628. The van der Waals surface area contributed by atoms with Crippen molar-refractivity contribution in [2.24, 2.45) is 23.7 Å². The first-order chi connectivity index (χ1) is 10.4. The van der Waals surface area contributed by atoms with Crippen LogP contribution in [0.25, 0.3) is 0 Å². The summed E-state index contributed by atoms with van der Waals surface area (Å²) in [6.45, 7) is 0. The molecular weight excluding hydrogens is 256 g/mol. The Balaban J connectivity index is 1.71. The van der Waals surface area contributed by atoms with E-state index in [-0.39, 0.29) is 0 Å². The first-order valence-corrected chi connectivity index (χ1v) is 9.90. The van der Waals surface area contributed by atoms with E-state index in [9.17, 15) is 4.79 Å². The molecule has 0 N–H and O–H groups in total. The molecule has 3 aliphatic rings. The molecule has 0 aromatic heterocycles. The third kappa shape index (κ3) is 3.90. The standard InChI is InChI=1S/C20H34O/c21-20(18-14-8-3-9-15-18)19(16-10-4-1-5-11-16)17-12-6-2-7-13-17/h16-19H,1-15H2. The molecule has 0 atom stereocenters. The maximum atomic E-state index is 13.3. The van der Waals surface area contributed by atoms with E-state index in [0.29, 0.717) is 17.6 Å². The van der Waals surface area contributed by atoms with E-state index in [1.54, 1.807) is 0 Å². The van der Waals surface area contributed by atoms with E-state index in [1.807, 2.05) is 0 Å². The Labute approximate surface area is 131 Å². The van der Waals surface area contributed by atoms with Gasteiger partial charge in [-0.1, -0.05) is 57.8 Å². The lowest BCUT2D eigenvalue weighted by atomic mass is 9.65. The Morgan fingerprint density at radius 1 is 0.571 bits per heavy atom. The summed E-state index contributed by atoms with van der Waals surface area (Å²) in [6, 6.07) is 0. The van der Waals surface area contributed by atoms with Gasteiger partial charge in [0, 0.05) is 11.8 Å². The zero-order chi connectivity index (χ0) is 14.5. The fraction of sp³-hybridized carbons (Fsp3) is 0.950. The monoisotopic (exact) mass is 290 g/mol. The molecule has 0 spiro atoms. The van der Waals surface area contributed by atoms with Crippen molar-refractivity contribution in [1.29, 1.82) is 0 Å². The number of rotatable bonds is 4. The van der Waals surface area contributed by atoms with E-state index in [2.05, 4.69) is 0 Å². The van der Waals surface area contributed by atoms with Crippen LogP contribution in [0.4, 0.5) is 0 Å². The molecule has 0 bridgehead atoms. The highest BCUT2D eigenvalue weighted by Gasteiger charge is 2.39. The molecule has 1 heteroatoms. The fourth-order valence-electron chi connectivity index (χ4n) is 5.50. The topological polar surface area (TPSA) is 17.1 Å². The summed E-state index contributed by atoms with van der Waals surface area (Å²) in [4.78, 5) is 13.3. The minimum Gasteiger partial charge on any atom is -0.299 e. The Hall–Kier alpha value is -0.330. The minimum absolute atomic E-state index is 0.438. The molecule has 120 valence electrons. The Bertz CT molecular complexity index is 299. The van der Waals surface area contributed by atoms with Gasteiger partial charge in [0.25, 0.3) is 0 Å². The number of hydrogen-bond donors (Lipinski definition) is 0. The van der Waals surface area contributed by atoms with E-state index in [0.717, 1.165) is 11.8 Å². The van der Waals surface area contributed by atoms with Gasteiger partial charge in [0.2, 0.25) is 0 Å². The van der Waals surface area contributed by atoms with Gasteiger partial charge in [-0.15, -0.1) is 0 Å². The van der Waals surface area contributed by atoms with Crippen molar-refractivity contribution in [2.45, 2.75) is 96.3 Å². The highest BCUT2D eigenvalue weighted by Crippen LogP contribution is 2.43. The average molecular weight is 290 g/mol. The maximum Gasteiger partial charge on any atom is 0.139 e. The Kier molecular flexibility index (Phi) is 5.77. The van der Waals surface area contributed by atoms with Crippen molar-refractivity contribution < 1.29 is 4.79 Å². The lowest BCUT2D eigenvalue weighted by Crippen LogP contribution is -2.37. The smallest absolute Gasteiger partial charge is 0.139 e. The van der Waals surface area contributed by atoms with Crippen LogP contribution in [-0.4, -0.2) is 5.78 Å². The Morgan fingerprint density at radius 2 is 0.952 bits per heavy atom. The lowest BCUT2D eigenvalue weighted by Gasteiger charge is -2.39. The van der Waals surface area contributed by atoms with Gasteiger partial charge < -0.3 is 0 Å². The highest BCUT2D eigenvalue weighted by atomic mass is 16.1. The predicted molar refractivity (Wildman–Crippen MR) is 88.2 cm³/mol. The SMILES string of the molecule is O=C(C1CCCCC1)C(C1CCCCC1)C1CCCCC1. The van der Waals surface area contributed by atoms with Gasteiger partial charge in [0.05, 0.1) is 0 Å². The summed E-state index contributed by atoms with van der Waals surface area (Å²) in [5.74, 6) is 3.10. The van der Waals surface area contributed by atoms with Crippen molar-refractivity contribution in [3.8, 4) is 0 Å². The highest BCUT2D eigenvalue weighted by molar-refractivity contribution is 5.84. The number of carbonyl (C=O) groups is 1. The van der Waals surface area contributed by atoms with Gasteiger partial charge in [-0.25, -0.2) is 0 Å². The summed E-state index contributed by atoms with van der Waals surface area (Å²) in [5.41, 5.74) is 0. The number of Topliss-reactive ketones (excluding diaryl/α,β-unsaturated/α-hetero) is 1. The molecule has 0 unspecified atom stereocenters. The number of ketones is 1. The second-order valence-electron chi connectivity index (χ2n) is 8.06. The molecule has 0 aliphatic heterocycles. The molecule has 0 aromatic rings. The van der Waals surface area contributed by atoms with E-state index >= 15 is 0 Å². The summed E-state index contributed by atoms with van der Waals surface area (Å²) in [7, 11) is 0. The van der Waals surface area contributed by atoms with Gasteiger partial charge in [0.15, 0.2) is 0 Å². The molecule has 0 aromatic carbocycles. The predicted octanol–water partition coefficient (Wildman–Crippen LogP) is 5.91. The normalized spacial score (nSPS) is 27.1. The third-order valence-corrected chi connectivity index (χ3v) is 6.65. The van der Waals surface area contributed by atoms with Crippen LogP contribution in [0.15, 0.2) is 0 Å². The second kappa shape index (κ2) is 7.79. The summed E-state index contributed by atoms with van der Waals surface area (Å²) < 4.78 is 0.